The Labute approximate surface area is 154 Å². The molecule has 0 aromatic rings. The van der Waals surface area contributed by atoms with Crippen LogP contribution in [0.1, 0.15) is 0 Å². The van der Waals surface area contributed by atoms with Gasteiger partial charge in [0.1, 0.15) is 0 Å². The van der Waals surface area contributed by atoms with E-state index in [0.717, 1.165) is 0 Å². The predicted molar refractivity (Wildman–Crippen MR) is 61.8 cm³/mol. The highest BCUT2D eigenvalue weighted by molar-refractivity contribution is 5.81. The van der Waals surface area contributed by atoms with Crippen LogP contribution in [0, 0.1) is 0 Å². The average molecular weight is 486 g/mol. The summed E-state index contributed by atoms with van der Waals surface area (Å²) in [5.41, 5.74) is 0. The van der Waals surface area contributed by atoms with Crippen LogP contribution < -0.4 is 0 Å². The van der Waals surface area contributed by atoms with Crippen molar-refractivity contribution in [3.63, 3.8) is 0 Å². The second-order valence-corrected chi connectivity index (χ2v) is 5.24. The van der Waals surface area contributed by atoms with Gasteiger partial charge in [0.05, 0.1) is 0 Å². The summed E-state index contributed by atoms with van der Waals surface area (Å²) in [7, 11) is 0. The molecule has 0 aromatic carbocycles. The molecule has 0 heterocycles. The molecule has 0 N–H and O–H groups in total. The van der Waals surface area contributed by atoms with Crippen LogP contribution >= 0.6 is 0 Å². The van der Waals surface area contributed by atoms with E-state index in [2.05, 4.69) is 11.3 Å². The van der Waals surface area contributed by atoms with Gasteiger partial charge in [0, 0.05) is 6.08 Å². The molecule has 0 aromatic heterocycles. The van der Waals surface area contributed by atoms with E-state index in [1.807, 2.05) is 0 Å². The lowest BCUT2D eigenvalue weighted by Crippen LogP contribution is -2.73. The van der Waals surface area contributed by atoms with Crippen LogP contribution in [0.2, 0.25) is 0 Å². The molecule has 0 aliphatic heterocycles. The Morgan fingerprint density at radius 2 is 1.00 bits per heavy atom. The average Bonchev–Trinajstić information content (AvgIpc) is 2.59. The maximum atomic E-state index is 13.3. The fourth-order valence-corrected chi connectivity index (χ4v) is 1.51. The number of hydrogen-bond acceptors (Lipinski definition) is 2. The van der Waals surface area contributed by atoms with Crippen LogP contribution in [0.5, 0.6) is 0 Å². The Morgan fingerprint density at radius 3 is 1.30 bits per heavy atom. The molecule has 0 saturated carbocycles. The van der Waals surface area contributed by atoms with Crippen LogP contribution in [0.25, 0.3) is 0 Å². The number of carbonyl (C=O) groups excluding carboxylic acids is 1. The zero-order valence-electron chi connectivity index (χ0n) is 13.4. The Bertz CT molecular complexity index is 642. The van der Waals surface area contributed by atoms with Crippen molar-refractivity contribution >= 4 is 5.97 Å². The lowest BCUT2D eigenvalue weighted by atomic mass is 9.90. The summed E-state index contributed by atoms with van der Waals surface area (Å²) in [5, 5.41) is 0. The van der Waals surface area contributed by atoms with E-state index in [1.54, 1.807) is 0 Å². The molecule has 0 fully saturated rings. The molecule has 0 radical (unpaired) electrons. The Hall–Kier alpha value is -1.91. The standard InChI is InChI=1S/C12H6F16O2/c1-2-3(29)30-6(16)8(19,20)10(23,24)12(27,28)11(25,26)9(21,22)7(17,18)4(13)5(14)15/h2,4-6H,1H2. The van der Waals surface area contributed by atoms with Crippen LogP contribution in [-0.4, -0.2) is 60.5 Å². The Kier molecular flexibility index (Phi) is 7.47. The molecule has 18 heteroatoms. The first-order valence-corrected chi connectivity index (χ1v) is 6.64. The summed E-state index contributed by atoms with van der Waals surface area (Å²) in [6.07, 6.45) is -16.4. The largest absolute Gasteiger partial charge is 0.421 e. The van der Waals surface area contributed by atoms with Gasteiger partial charge in [0.15, 0.2) is 0 Å². The SMILES string of the molecule is C=CC(=O)OC(F)C(F)(F)C(F)(F)C(F)(F)C(F)(F)C(F)(F)C(F)(F)C(F)C(F)F. The molecule has 0 bridgehead atoms. The van der Waals surface area contributed by atoms with Crippen molar-refractivity contribution in [2.75, 3.05) is 0 Å². The van der Waals surface area contributed by atoms with Crippen LogP contribution in [0.3, 0.4) is 0 Å². The van der Waals surface area contributed by atoms with Gasteiger partial charge in [0.2, 0.25) is 6.17 Å². The third-order valence-corrected chi connectivity index (χ3v) is 3.26. The number of alkyl halides is 16. The fourth-order valence-electron chi connectivity index (χ4n) is 1.51. The normalized spacial score (nSPS) is 17.0. The minimum absolute atomic E-state index is 0.228. The van der Waals surface area contributed by atoms with Gasteiger partial charge in [0.25, 0.3) is 6.43 Å². The molecule has 0 aliphatic rings. The molecule has 0 amide bonds. The molecule has 2 unspecified atom stereocenters. The quantitative estimate of drug-likeness (QED) is 0.234. The molecule has 0 saturated heterocycles. The minimum Gasteiger partial charge on any atom is -0.421 e. The zero-order chi connectivity index (χ0) is 24.7. The van der Waals surface area contributed by atoms with Gasteiger partial charge in [-0.2, -0.15) is 57.1 Å². The molecule has 30 heavy (non-hydrogen) atoms. The van der Waals surface area contributed by atoms with E-state index in [1.165, 1.54) is 0 Å². The van der Waals surface area contributed by atoms with Crippen molar-refractivity contribution in [3.05, 3.63) is 12.7 Å². The molecule has 0 aliphatic carbocycles. The summed E-state index contributed by atoms with van der Waals surface area (Å²) in [6, 6.07) is 0. The van der Waals surface area contributed by atoms with Gasteiger partial charge in [-0.1, -0.05) is 6.58 Å². The first kappa shape index (κ1) is 28.1. The summed E-state index contributed by atoms with van der Waals surface area (Å²) in [6.45, 7) is 2.41. The monoisotopic (exact) mass is 486 g/mol. The number of esters is 1. The van der Waals surface area contributed by atoms with Crippen molar-refractivity contribution in [2.45, 2.75) is 54.5 Å². The minimum atomic E-state index is -8.39. The van der Waals surface area contributed by atoms with Gasteiger partial charge in [-0.25, -0.2) is 18.0 Å². The maximum absolute atomic E-state index is 13.3. The summed E-state index contributed by atoms with van der Waals surface area (Å²) < 4.78 is 210. The lowest BCUT2D eigenvalue weighted by Gasteiger charge is -2.41. The van der Waals surface area contributed by atoms with E-state index in [4.69, 9.17) is 0 Å². The molecule has 2 nitrogen and oxygen atoms in total. The first-order chi connectivity index (χ1) is 13.0. The topological polar surface area (TPSA) is 26.3 Å². The molecule has 178 valence electrons. The molecular formula is C12H6F16O2. The molecular weight excluding hydrogens is 480 g/mol. The van der Waals surface area contributed by atoms with Gasteiger partial charge in [-0.05, 0) is 0 Å². The van der Waals surface area contributed by atoms with Crippen LogP contribution in [0.15, 0.2) is 12.7 Å². The third-order valence-electron chi connectivity index (χ3n) is 3.26. The van der Waals surface area contributed by atoms with E-state index in [9.17, 15) is 75.0 Å². The first-order valence-electron chi connectivity index (χ1n) is 6.64. The van der Waals surface area contributed by atoms with E-state index < -0.39 is 60.5 Å². The van der Waals surface area contributed by atoms with E-state index >= 15 is 0 Å². The number of halogens is 16. The highest BCUT2D eigenvalue weighted by Crippen LogP contribution is 2.61. The maximum Gasteiger partial charge on any atom is 0.385 e. The second-order valence-electron chi connectivity index (χ2n) is 5.24. The Morgan fingerprint density at radius 1 is 0.667 bits per heavy atom. The second kappa shape index (κ2) is 7.97. The number of carbonyl (C=O) groups is 1. The number of rotatable bonds is 10. The number of ether oxygens (including phenoxy) is 1. The number of hydrogen-bond donors (Lipinski definition) is 0. The van der Waals surface area contributed by atoms with Crippen molar-refractivity contribution in [2.24, 2.45) is 0 Å². The molecule has 0 rings (SSSR count). The van der Waals surface area contributed by atoms with Gasteiger partial charge in [-0.3, -0.25) is 0 Å². The summed E-state index contributed by atoms with van der Waals surface area (Å²) in [4.78, 5) is 10.4. The predicted octanol–water partition coefficient (Wildman–Crippen LogP) is 5.43. The van der Waals surface area contributed by atoms with Gasteiger partial charge >= 0.3 is 47.9 Å². The Balaban J connectivity index is 6.47. The van der Waals surface area contributed by atoms with E-state index in [-0.39, 0.29) is 6.08 Å². The zero-order valence-corrected chi connectivity index (χ0v) is 13.4. The smallest absolute Gasteiger partial charge is 0.385 e. The highest BCUT2D eigenvalue weighted by Gasteiger charge is 2.92. The molecule has 0 spiro atoms. The van der Waals surface area contributed by atoms with Crippen molar-refractivity contribution < 1.29 is 79.8 Å². The van der Waals surface area contributed by atoms with Crippen molar-refractivity contribution in [1.29, 1.82) is 0 Å². The van der Waals surface area contributed by atoms with Crippen LogP contribution in [0.4, 0.5) is 70.2 Å². The van der Waals surface area contributed by atoms with E-state index in [0.29, 0.717) is 0 Å². The van der Waals surface area contributed by atoms with Gasteiger partial charge in [-0.15, -0.1) is 0 Å². The fraction of sp³-hybridized carbons (Fsp3) is 0.750. The van der Waals surface area contributed by atoms with Crippen molar-refractivity contribution in [3.8, 4) is 0 Å². The third kappa shape index (κ3) is 3.88. The van der Waals surface area contributed by atoms with Crippen molar-refractivity contribution in [1.82, 2.24) is 0 Å². The highest BCUT2D eigenvalue weighted by atomic mass is 19.4. The summed E-state index contributed by atoms with van der Waals surface area (Å²) in [5.74, 6) is -50.1. The summed E-state index contributed by atoms with van der Waals surface area (Å²) >= 11 is 0. The lowest BCUT2D eigenvalue weighted by molar-refractivity contribution is -0.440. The molecule has 2 atom stereocenters. The van der Waals surface area contributed by atoms with Crippen LogP contribution in [-0.2, 0) is 9.53 Å². The van der Waals surface area contributed by atoms with Gasteiger partial charge < -0.3 is 4.74 Å².